The summed E-state index contributed by atoms with van der Waals surface area (Å²) in [6, 6.07) is 9.42. The number of aliphatic hydroxyl groups is 1. The highest BCUT2D eigenvalue weighted by atomic mass is 16.3. The van der Waals surface area contributed by atoms with Crippen LogP contribution in [0.3, 0.4) is 0 Å². The molecule has 6 heteroatoms. The Balaban J connectivity index is 1.69. The van der Waals surface area contributed by atoms with Crippen LogP contribution in [-0.4, -0.2) is 57.7 Å². The van der Waals surface area contributed by atoms with Crippen LogP contribution < -0.4 is 4.90 Å². The Morgan fingerprint density at radius 1 is 1.38 bits per heavy atom. The molecule has 0 radical (unpaired) electrons. The first-order chi connectivity index (χ1) is 11.5. The van der Waals surface area contributed by atoms with E-state index in [1.807, 2.05) is 37.5 Å². The van der Waals surface area contributed by atoms with Crippen molar-refractivity contribution in [1.82, 2.24) is 14.5 Å². The molecule has 1 unspecified atom stereocenters. The second kappa shape index (κ2) is 6.65. The lowest BCUT2D eigenvalue weighted by atomic mass is 9.92. The molecule has 3 heterocycles. The third-order valence-electron chi connectivity index (χ3n) is 4.57. The van der Waals surface area contributed by atoms with Crippen molar-refractivity contribution < 1.29 is 9.90 Å². The number of carbonyl (C=O) groups is 1. The lowest BCUT2D eigenvalue weighted by molar-refractivity contribution is -0.000370. The predicted octanol–water partition coefficient (Wildman–Crippen LogP) is 1.52. The topological polar surface area (TPSA) is 61.6 Å². The van der Waals surface area contributed by atoms with Gasteiger partial charge in [-0.05, 0) is 37.1 Å². The molecule has 2 aromatic rings. The van der Waals surface area contributed by atoms with Gasteiger partial charge in [-0.2, -0.15) is 0 Å². The molecule has 0 bridgehead atoms. The number of aryl methyl sites for hydroxylation is 1. The molecule has 1 atom stereocenters. The summed E-state index contributed by atoms with van der Waals surface area (Å²) in [5.41, 5.74) is -0.302. The zero-order valence-corrected chi connectivity index (χ0v) is 14.2. The summed E-state index contributed by atoms with van der Waals surface area (Å²) in [5.74, 6) is 0.790. The van der Waals surface area contributed by atoms with Crippen molar-refractivity contribution in [2.75, 3.05) is 31.6 Å². The molecule has 1 saturated heterocycles. The van der Waals surface area contributed by atoms with Gasteiger partial charge in [-0.3, -0.25) is 4.79 Å². The lowest BCUT2D eigenvalue weighted by Gasteiger charge is -2.41. The summed E-state index contributed by atoms with van der Waals surface area (Å²) in [7, 11) is 3.59. The maximum Gasteiger partial charge on any atom is 0.270 e. The van der Waals surface area contributed by atoms with Crippen LogP contribution in [0.4, 0.5) is 5.82 Å². The molecule has 0 spiro atoms. The van der Waals surface area contributed by atoms with Gasteiger partial charge in [-0.15, -0.1) is 0 Å². The van der Waals surface area contributed by atoms with E-state index in [0.29, 0.717) is 25.2 Å². The van der Waals surface area contributed by atoms with Crippen molar-refractivity contribution in [3.8, 4) is 0 Å². The van der Waals surface area contributed by atoms with Crippen LogP contribution in [0.15, 0.2) is 42.7 Å². The Bertz CT molecular complexity index is 700. The maximum absolute atomic E-state index is 12.6. The van der Waals surface area contributed by atoms with Gasteiger partial charge in [0.25, 0.3) is 5.91 Å². The number of piperidine rings is 1. The van der Waals surface area contributed by atoms with E-state index in [1.165, 1.54) is 0 Å². The van der Waals surface area contributed by atoms with E-state index in [1.54, 1.807) is 28.8 Å². The van der Waals surface area contributed by atoms with Crippen molar-refractivity contribution in [2.45, 2.75) is 18.4 Å². The fraction of sp³-hybridized carbons (Fsp3) is 0.444. The fourth-order valence-corrected chi connectivity index (χ4v) is 3.37. The summed E-state index contributed by atoms with van der Waals surface area (Å²) in [6.07, 6.45) is 5.16. The minimum absolute atomic E-state index is 0.0779. The molecule has 128 valence electrons. The van der Waals surface area contributed by atoms with Crippen LogP contribution in [0.25, 0.3) is 0 Å². The Morgan fingerprint density at radius 2 is 2.21 bits per heavy atom. The van der Waals surface area contributed by atoms with Gasteiger partial charge in [0.1, 0.15) is 11.5 Å². The number of amides is 1. The molecule has 3 rings (SSSR count). The number of nitrogens with zero attached hydrogens (tertiary/aromatic N) is 4. The van der Waals surface area contributed by atoms with E-state index in [0.717, 1.165) is 18.8 Å². The van der Waals surface area contributed by atoms with Crippen molar-refractivity contribution in [3.63, 3.8) is 0 Å². The SMILES string of the molecule is CN(CC1(O)CCCN(c2ccccn2)C1)C(=O)c1cccn1C. The number of aromatic nitrogens is 2. The number of carbonyl (C=O) groups excluding carboxylic acids is 1. The Kier molecular flexibility index (Phi) is 4.57. The molecule has 6 nitrogen and oxygen atoms in total. The van der Waals surface area contributed by atoms with Crippen LogP contribution in [0.5, 0.6) is 0 Å². The molecule has 1 aliphatic rings. The van der Waals surface area contributed by atoms with Crippen LogP contribution in [-0.2, 0) is 7.05 Å². The number of likely N-dealkylation sites (N-methyl/N-ethyl adjacent to an activating group) is 1. The summed E-state index contributed by atoms with van der Waals surface area (Å²) < 4.78 is 1.80. The van der Waals surface area contributed by atoms with Gasteiger partial charge in [0.15, 0.2) is 0 Å². The zero-order valence-electron chi connectivity index (χ0n) is 14.2. The van der Waals surface area contributed by atoms with E-state index in [2.05, 4.69) is 9.88 Å². The van der Waals surface area contributed by atoms with Crippen molar-refractivity contribution in [3.05, 3.63) is 48.4 Å². The van der Waals surface area contributed by atoms with E-state index in [-0.39, 0.29) is 5.91 Å². The number of anilines is 1. The predicted molar refractivity (Wildman–Crippen MR) is 93.0 cm³/mol. The first-order valence-electron chi connectivity index (χ1n) is 8.24. The van der Waals surface area contributed by atoms with Crippen LogP contribution >= 0.6 is 0 Å². The number of hydrogen-bond donors (Lipinski definition) is 1. The van der Waals surface area contributed by atoms with E-state index in [9.17, 15) is 9.90 Å². The van der Waals surface area contributed by atoms with Crippen molar-refractivity contribution >= 4 is 11.7 Å². The smallest absolute Gasteiger partial charge is 0.270 e. The van der Waals surface area contributed by atoms with Gasteiger partial charge in [0.2, 0.25) is 0 Å². The average molecular weight is 328 g/mol. The van der Waals surface area contributed by atoms with Crippen LogP contribution in [0, 0.1) is 0 Å². The fourth-order valence-electron chi connectivity index (χ4n) is 3.37. The van der Waals surface area contributed by atoms with Gasteiger partial charge < -0.3 is 19.5 Å². The van der Waals surface area contributed by atoms with E-state index >= 15 is 0 Å². The number of rotatable bonds is 4. The molecular weight excluding hydrogens is 304 g/mol. The largest absolute Gasteiger partial charge is 0.386 e. The molecule has 0 aromatic carbocycles. The minimum Gasteiger partial charge on any atom is -0.386 e. The summed E-state index contributed by atoms with van der Waals surface area (Å²) in [6.45, 7) is 1.66. The molecule has 0 saturated carbocycles. The Hall–Kier alpha value is -2.34. The molecule has 0 aliphatic carbocycles. The standard InChI is InChI=1S/C18H24N4O2/c1-20-11-5-7-15(20)17(23)21(2)13-18(24)9-6-12-22(14-18)16-8-3-4-10-19-16/h3-5,7-8,10-11,24H,6,9,12-14H2,1-2H3. The van der Waals surface area contributed by atoms with Gasteiger partial charge in [-0.1, -0.05) is 6.07 Å². The van der Waals surface area contributed by atoms with Gasteiger partial charge in [0, 0.05) is 39.6 Å². The highest BCUT2D eigenvalue weighted by Crippen LogP contribution is 2.25. The first-order valence-corrected chi connectivity index (χ1v) is 8.24. The highest BCUT2D eigenvalue weighted by Gasteiger charge is 2.36. The first kappa shape index (κ1) is 16.5. The monoisotopic (exact) mass is 328 g/mol. The second-order valence-corrected chi connectivity index (χ2v) is 6.60. The quantitative estimate of drug-likeness (QED) is 0.924. The normalized spacial score (nSPS) is 20.9. The number of pyridine rings is 1. The van der Waals surface area contributed by atoms with Gasteiger partial charge in [0.05, 0.1) is 12.1 Å². The third kappa shape index (κ3) is 3.43. The Labute approximate surface area is 142 Å². The van der Waals surface area contributed by atoms with Gasteiger partial charge >= 0.3 is 0 Å². The molecule has 24 heavy (non-hydrogen) atoms. The maximum atomic E-state index is 12.6. The highest BCUT2D eigenvalue weighted by molar-refractivity contribution is 5.92. The average Bonchev–Trinajstić information content (AvgIpc) is 3.00. The summed E-state index contributed by atoms with van der Waals surface area (Å²) in [5, 5.41) is 11.0. The molecule has 1 amide bonds. The van der Waals surface area contributed by atoms with E-state index in [4.69, 9.17) is 0 Å². The number of β-amino-alcohol motifs (C(OH)–C–C–N with tert-alkyl or cyclic N) is 1. The zero-order chi connectivity index (χ0) is 17.2. The van der Waals surface area contributed by atoms with E-state index < -0.39 is 5.60 Å². The van der Waals surface area contributed by atoms with Crippen LogP contribution in [0.2, 0.25) is 0 Å². The molecule has 1 N–H and O–H groups in total. The Morgan fingerprint density at radius 3 is 2.88 bits per heavy atom. The second-order valence-electron chi connectivity index (χ2n) is 6.60. The number of hydrogen-bond acceptors (Lipinski definition) is 4. The molecule has 1 aliphatic heterocycles. The molecule has 1 fully saturated rings. The summed E-state index contributed by atoms with van der Waals surface area (Å²) >= 11 is 0. The third-order valence-corrected chi connectivity index (χ3v) is 4.57. The molecular formula is C18H24N4O2. The van der Waals surface area contributed by atoms with Crippen LogP contribution in [0.1, 0.15) is 23.3 Å². The summed E-state index contributed by atoms with van der Waals surface area (Å²) in [4.78, 5) is 20.6. The minimum atomic E-state index is -0.925. The van der Waals surface area contributed by atoms with Crippen molar-refractivity contribution in [1.29, 1.82) is 0 Å². The lowest BCUT2D eigenvalue weighted by Crippen LogP contribution is -2.55. The van der Waals surface area contributed by atoms with Crippen molar-refractivity contribution in [2.24, 2.45) is 7.05 Å². The van der Waals surface area contributed by atoms with Gasteiger partial charge in [-0.25, -0.2) is 4.98 Å². The molecule has 2 aromatic heterocycles.